The van der Waals surface area contributed by atoms with Crippen LogP contribution in [0.1, 0.15) is 31.4 Å². The van der Waals surface area contributed by atoms with Gasteiger partial charge in [0.2, 0.25) is 5.88 Å². The number of hydrogen-bond donors (Lipinski definition) is 1. The summed E-state index contributed by atoms with van der Waals surface area (Å²) >= 11 is 3.48. The molecule has 0 atom stereocenters. The quantitative estimate of drug-likeness (QED) is 0.477. The Balaban J connectivity index is 1.31. The molecular formula is C25H26BrN5O4. The Morgan fingerprint density at radius 2 is 2.06 bits per heavy atom. The van der Waals surface area contributed by atoms with Crippen molar-refractivity contribution in [3.8, 4) is 5.88 Å². The molecule has 9 nitrogen and oxygen atoms in total. The van der Waals surface area contributed by atoms with Gasteiger partial charge in [-0.3, -0.25) is 14.7 Å². The van der Waals surface area contributed by atoms with Gasteiger partial charge in [-0.25, -0.2) is 9.78 Å². The van der Waals surface area contributed by atoms with E-state index in [1.807, 2.05) is 18.2 Å². The number of nitrogens with one attached hydrogen (secondary N) is 1. The van der Waals surface area contributed by atoms with Gasteiger partial charge >= 0.3 is 5.97 Å². The number of carbonyl (C=O) groups is 1. The summed E-state index contributed by atoms with van der Waals surface area (Å²) in [5.41, 5.74) is 2.97. The summed E-state index contributed by atoms with van der Waals surface area (Å²) < 4.78 is 14.1. The van der Waals surface area contributed by atoms with Gasteiger partial charge in [-0.1, -0.05) is 0 Å². The number of pyridine rings is 3. The van der Waals surface area contributed by atoms with Crippen LogP contribution in [0.2, 0.25) is 0 Å². The fraction of sp³-hybridized carbons (Fsp3) is 0.440. The van der Waals surface area contributed by atoms with Gasteiger partial charge in [-0.05, 0) is 65.9 Å². The highest BCUT2D eigenvalue weighted by Gasteiger charge is 2.45. The molecule has 6 heterocycles. The van der Waals surface area contributed by atoms with Crippen molar-refractivity contribution in [1.29, 1.82) is 0 Å². The SMILES string of the molecule is O=C1CNc2ccc(CN(CCn3c(=O)ccc4ncc(Br)cc43)C34CCC(CC3)OC4)nc2O1. The lowest BCUT2D eigenvalue weighted by molar-refractivity contribution is -0.139. The Bertz CT molecular complexity index is 1340. The maximum absolute atomic E-state index is 12.8. The fourth-order valence-electron chi connectivity index (χ4n) is 5.48. The first-order valence-corrected chi connectivity index (χ1v) is 12.7. The van der Waals surface area contributed by atoms with E-state index in [0.29, 0.717) is 38.2 Å². The molecule has 7 rings (SSSR count). The number of ether oxygens (including phenoxy) is 2. The topological polar surface area (TPSA) is 98.6 Å². The summed E-state index contributed by atoms with van der Waals surface area (Å²) in [7, 11) is 0. The average molecular weight is 540 g/mol. The standard InChI is InChI=1S/C25H26BrN5O4/c26-16-11-21-19(27-12-16)3-4-22(32)31(21)10-9-30(25-7-5-18(6-8-25)34-15-25)14-17-1-2-20-24(29-17)35-23(33)13-28-20/h1-4,11-12,18,28H,5-10,13-15H2. The van der Waals surface area contributed by atoms with Gasteiger partial charge < -0.3 is 19.4 Å². The van der Waals surface area contributed by atoms with Gasteiger partial charge in [0.15, 0.2) is 0 Å². The molecule has 1 saturated carbocycles. The minimum atomic E-state index is -0.341. The number of anilines is 1. The van der Waals surface area contributed by atoms with Crippen molar-refractivity contribution in [2.45, 2.75) is 50.4 Å². The molecule has 0 aromatic carbocycles. The van der Waals surface area contributed by atoms with E-state index < -0.39 is 0 Å². The van der Waals surface area contributed by atoms with Crippen molar-refractivity contribution in [2.24, 2.45) is 0 Å². The van der Waals surface area contributed by atoms with Crippen molar-refractivity contribution >= 4 is 38.6 Å². The van der Waals surface area contributed by atoms with Gasteiger partial charge in [-0.15, -0.1) is 0 Å². The zero-order valence-corrected chi connectivity index (χ0v) is 20.8. The molecule has 3 aromatic rings. The molecule has 2 bridgehead atoms. The zero-order chi connectivity index (χ0) is 24.0. The number of hydrogen-bond acceptors (Lipinski definition) is 8. The molecular weight excluding hydrogens is 514 g/mol. The Hall–Kier alpha value is -2.82. The van der Waals surface area contributed by atoms with Crippen molar-refractivity contribution in [3.05, 3.63) is 57.0 Å². The van der Waals surface area contributed by atoms with Gasteiger partial charge in [0.1, 0.15) is 6.54 Å². The van der Waals surface area contributed by atoms with Gasteiger partial charge in [0.25, 0.3) is 5.56 Å². The number of nitrogens with zero attached hydrogens (tertiary/aromatic N) is 4. The molecule has 0 amide bonds. The van der Waals surface area contributed by atoms with Crippen LogP contribution in [0.15, 0.2) is 45.8 Å². The first kappa shape index (κ1) is 22.6. The second kappa shape index (κ2) is 9.00. The van der Waals surface area contributed by atoms with Gasteiger partial charge in [0.05, 0.1) is 35.1 Å². The third kappa shape index (κ3) is 4.34. The highest BCUT2D eigenvalue weighted by Crippen LogP contribution is 2.41. The van der Waals surface area contributed by atoms with Gasteiger partial charge in [-0.2, -0.15) is 0 Å². The third-order valence-corrected chi connectivity index (χ3v) is 7.86. The minimum absolute atomic E-state index is 0.0525. The molecule has 3 aromatic heterocycles. The van der Waals surface area contributed by atoms with Crippen LogP contribution >= 0.6 is 15.9 Å². The molecule has 3 aliphatic heterocycles. The summed E-state index contributed by atoms with van der Waals surface area (Å²) in [6.07, 6.45) is 6.29. The van der Waals surface area contributed by atoms with E-state index in [-0.39, 0.29) is 23.6 Å². The van der Waals surface area contributed by atoms with E-state index in [2.05, 4.69) is 36.1 Å². The lowest BCUT2D eigenvalue weighted by Gasteiger charge is -2.52. The molecule has 3 fully saturated rings. The number of fused-ring (bicyclic) bond motifs is 5. The van der Waals surface area contributed by atoms with Crippen LogP contribution in [0, 0.1) is 0 Å². The molecule has 4 aliphatic rings. The smallest absolute Gasteiger partial charge is 0.332 e. The number of aromatic nitrogens is 3. The summed E-state index contributed by atoms with van der Waals surface area (Å²) in [4.78, 5) is 36.1. The van der Waals surface area contributed by atoms with Crippen molar-refractivity contribution in [3.63, 3.8) is 0 Å². The van der Waals surface area contributed by atoms with Crippen LogP contribution in [0.5, 0.6) is 5.88 Å². The normalized spacial score (nSPS) is 23.3. The Morgan fingerprint density at radius 3 is 2.86 bits per heavy atom. The lowest BCUT2D eigenvalue weighted by atomic mass is 9.76. The molecule has 35 heavy (non-hydrogen) atoms. The summed E-state index contributed by atoms with van der Waals surface area (Å²) in [6.45, 7) is 2.56. The zero-order valence-electron chi connectivity index (χ0n) is 19.2. The molecule has 1 N–H and O–H groups in total. The summed E-state index contributed by atoms with van der Waals surface area (Å²) in [5, 5.41) is 3.04. The van der Waals surface area contributed by atoms with Gasteiger partial charge in [0, 0.05) is 41.9 Å². The Labute approximate surface area is 210 Å². The van der Waals surface area contributed by atoms with Crippen LogP contribution in [0.3, 0.4) is 0 Å². The maximum atomic E-state index is 12.8. The Kier molecular flexibility index (Phi) is 5.82. The minimum Gasteiger partial charge on any atom is -0.404 e. The maximum Gasteiger partial charge on any atom is 0.332 e. The number of esters is 1. The second-order valence-electron chi connectivity index (χ2n) is 9.52. The first-order valence-electron chi connectivity index (χ1n) is 12.0. The molecule has 2 saturated heterocycles. The van der Waals surface area contributed by atoms with Crippen LogP contribution < -0.4 is 15.6 Å². The van der Waals surface area contributed by atoms with E-state index in [4.69, 9.17) is 9.47 Å². The van der Waals surface area contributed by atoms with E-state index in [9.17, 15) is 9.59 Å². The van der Waals surface area contributed by atoms with Crippen molar-refractivity contribution < 1.29 is 14.3 Å². The van der Waals surface area contributed by atoms with E-state index in [0.717, 1.165) is 52.6 Å². The van der Waals surface area contributed by atoms with E-state index in [1.54, 1.807) is 22.9 Å². The number of halogens is 1. The summed E-state index contributed by atoms with van der Waals surface area (Å²) in [6, 6.07) is 9.15. The molecule has 10 heteroatoms. The van der Waals surface area contributed by atoms with E-state index in [1.165, 1.54) is 0 Å². The molecule has 0 radical (unpaired) electrons. The van der Waals surface area contributed by atoms with Crippen LogP contribution in [0.25, 0.3) is 11.0 Å². The first-order chi connectivity index (χ1) is 17.0. The molecule has 0 spiro atoms. The van der Waals surface area contributed by atoms with Crippen molar-refractivity contribution in [2.75, 3.05) is 25.0 Å². The third-order valence-electron chi connectivity index (χ3n) is 7.42. The monoisotopic (exact) mass is 539 g/mol. The Morgan fingerprint density at radius 1 is 1.20 bits per heavy atom. The van der Waals surface area contributed by atoms with Crippen LogP contribution in [-0.4, -0.2) is 56.7 Å². The highest BCUT2D eigenvalue weighted by atomic mass is 79.9. The van der Waals surface area contributed by atoms with Crippen LogP contribution in [0.4, 0.5) is 5.69 Å². The average Bonchev–Trinajstić information content (AvgIpc) is 2.88. The molecule has 0 unspecified atom stereocenters. The largest absolute Gasteiger partial charge is 0.404 e. The van der Waals surface area contributed by atoms with E-state index >= 15 is 0 Å². The van der Waals surface area contributed by atoms with Crippen LogP contribution in [-0.2, 0) is 22.6 Å². The molecule has 182 valence electrons. The lowest BCUT2D eigenvalue weighted by Crippen LogP contribution is -2.59. The fourth-order valence-corrected chi connectivity index (χ4v) is 5.80. The number of carbonyl (C=O) groups excluding carboxylic acids is 1. The molecule has 1 aliphatic carbocycles. The number of rotatable bonds is 6. The summed E-state index contributed by atoms with van der Waals surface area (Å²) in [5.74, 6) is -0.0206. The second-order valence-corrected chi connectivity index (χ2v) is 10.4. The predicted molar refractivity (Wildman–Crippen MR) is 133 cm³/mol. The highest BCUT2D eigenvalue weighted by molar-refractivity contribution is 9.10. The van der Waals surface area contributed by atoms with Crippen molar-refractivity contribution in [1.82, 2.24) is 19.4 Å². The predicted octanol–water partition coefficient (Wildman–Crippen LogP) is 3.10.